The zero-order valence-electron chi connectivity index (χ0n) is 15.9. The molecule has 0 bridgehead atoms. The van der Waals surface area contributed by atoms with E-state index in [1.54, 1.807) is 4.90 Å². The number of nitrogens with two attached hydrogens (primary N) is 1. The van der Waals surface area contributed by atoms with Crippen LogP contribution in [0.25, 0.3) is 0 Å². The fraction of sp³-hybridized carbons (Fsp3) is 0.550. The number of ether oxygens (including phenoxy) is 1. The number of amidine groups is 1. The Labute approximate surface area is 155 Å². The summed E-state index contributed by atoms with van der Waals surface area (Å²) in [5, 5.41) is 6.91. The number of piperidine rings is 1. The van der Waals surface area contributed by atoms with Gasteiger partial charge in [0.05, 0.1) is 0 Å². The predicted molar refractivity (Wildman–Crippen MR) is 101 cm³/mol. The van der Waals surface area contributed by atoms with Crippen LogP contribution in [0.4, 0.5) is 0 Å². The summed E-state index contributed by atoms with van der Waals surface area (Å²) < 4.78 is 4.49. The highest BCUT2D eigenvalue weighted by atomic mass is 16.5. The number of carbonyl (C=O) groups excluding carboxylic acids is 2. The van der Waals surface area contributed by atoms with E-state index in [4.69, 9.17) is 11.1 Å². The van der Waals surface area contributed by atoms with Crippen LogP contribution in [0.1, 0.15) is 63.5 Å². The Bertz CT molecular complexity index is 662. The van der Waals surface area contributed by atoms with Gasteiger partial charge in [0.1, 0.15) is 0 Å². The molecule has 0 aromatic heterocycles. The molecule has 1 aliphatic rings. The molecule has 1 unspecified atom stereocenters. The molecule has 1 aromatic rings. The number of nitrogens with one attached hydrogen (secondary N) is 1. The lowest BCUT2D eigenvalue weighted by atomic mass is 9.83. The van der Waals surface area contributed by atoms with Crippen molar-refractivity contribution in [3.63, 3.8) is 0 Å². The average Bonchev–Trinajstić information content (AvgIpc) is 2.55. The van der Waals surface area contributed by atoms with Gasteiger partial charge in [-0.05, 0) is 35.3 Å². The smallest absolute Gasteiger partial charge is 0.313 e. The summed E-state index contributed by atoms with van der Waals surface area (Å²) in [6.07, 6.45) is 2.11. The first-order chi connectivity index (χ1) is 12.2. The Hall–Kier alpha value is -2.37. The Morgan fingerprint density at radius 2 is 1.96 bits per heavy atom. The molecule has 6 nitrogen and oxygen atoms in total. The van der Waals surface area contributed by atoms with E-state index in [0.717, 1.165) is 6.42 Å². The van der Waals surface area contributed by atoms with Crippen molar-refractivity contribution in [2.75, 3.05) is 13.1 Å². The standard InChI is InChI=1S/C20H29N3O3/c1-20(2,3)16-8-6-14(7-9-16)15-10-12-23(17(24)13-15)11-4-5-18(25)26-19(21)22/h6-9,15H,4-5,10-13H2,1-3H3,(H3,21,22). The summed E-state index contributed by atoms with van der Waals surface area (Å²) in [4.78, 5) is 25.6. The molecule has 1 heterocycles. The molecule has 1 amide bonds. The van der Waals surface area contributed by atoms with Crippen molar-refractivity contribution in [2.24, 2.45) is 5.73 Å². The maximum atomic E-state index is 12.4. The third-order valence-electron chi connectivity index (χ3n) is 4.80. The van der Waals surface area contributed by atoms with E-state index in [1.165, 1.54) is 11.1 Å². The summed E-state index contributed by atoms with van der Waals surface area (Å²) in [6, 6.07) is 8.02. The van der Waals surface area contributed by atoms with Crippen molar-refractivity contribution in [1.82, 2.24) is 4.90 Å². The normalized spacial score (nSPS) is 17.9. The van der Waals surface area contributed by atoms with E-state index in [-0.39, 0.29) is 23.7 Å². The second kappa shape index (κ2) is 8.34. The number of hydrogen-bond donors (Lipinski definition) is 2. The van der Waals surface area contributed by atoms with Crippen LogP contribution in [0.2, 0.25) is 0 Å². The summed E-state index contributed by atoms with van der Waals surface area (Å²) in [5.74, 6) is -0.143. The van der Waals surface area contributed by atoms with E-state index < -0.39 is 12.0 Å². The highest BCUT2D eigenvalue weighted by Crippen LogP contribution is 2.31. The van der Waals surface area contributed by atoms with Crippen molar-refractivity contribution in [3.8, 4) is 0 Å². The van der Waals surface area contributed by atoms with Gasteiger partial charge in [-0.15, -0.1) is 0 Å². The number of benzene rings is 1. The number of hydrogen-bond acceptors (Lipinski definition) is 4. The summed E-state index contributed by atoms with van der Waals surface area (Å²) in [7, 11) is 0. The van der Waals surface area contributed by atoms with Crippen LogP contribution in [0, 0.1) is 5.41 Å². The van der Waals surface area contributed by atoms with Gasteiger partial charge in [-0.1, -0.05) is 45.0 Å². The summed E-state index contributed by atoms with van der Waals surface area (Å²) >= 11 is 0. The van der Waals surface area contributed by atoms with Gasteiger partial charge in [-0.3, -0.25) is 15.0 Å². The van der Waals surface area contributed by atoms with Gasteiger partial charge in [0.25, 0.3) is 6.02 Å². The molecule has 26 heavy (non-hydrogen) atoms. The molecule has 142 valence electrons. The molecule has 6 heteroatoms. The number of amides is 1. The largest absolute Gasteiger partial charge is 0.393 e. The lowest BCUT2D eigenvalue weighted by molar-refractivity contribution is -0.137. The Balaban J connectivity index is 1.83. The van der Waals surface area contributed by atoms with Crippen LogP contribution in [0.5, 0.6) is 0 Å². The van der Waals surface area contributed by atoms with Gasteiger partial charge in [0.15, 0.2) is 0 Å². The molecule has 0 radical (unpaired) electrons. The van der Waals surface area contributed by atoms with E-state index in [2.05, 4.69) is 49.8 Å². The number of rotatable bonds is 5. The van der Waals surface area contributed by atoms with Crippen LogP contribution in [0.15, 0.2) is 24.3 Å². The monoisotopic (exact) mass is 359 g/mol. The molecule has 0 saturated carbocycles. The minimum absolute atomic E-state index is 0.126. The second-order valence-electron chi connectivity index (χ2n) is 7.88. The van der Waals surface area contributed by atoms with Crippen molar-refractivity contribution in [1.29, 1.82) is 5.41 Å². The lowest BCUT2D eigenvalue weighted by Gasteiger charge is -2.32. The van der Waals surface area contributed by atoms with Crippen LogP contribution in [-0.4, -0.2) is 35.9 Å². The zero-order valence-corrected chi connectivity index (χ0v) is 15.9. The van der Waals surface area contributed by atoms with Gasteiger partial charge in [0.2, 0.25) is 5.91 Å². The maximum absolute atomic E-state index is 12.4. The van der Waals surface area contributed by atoms with Crippen LogP contribution >= 0.6 is 0 Å². The van der Waals surface area contributed by atoms with Crippen LogP contribution in [0.3, 0.4) is 0 Å². The van der Waals surface area contributed by atoms with Gasteiger partial charge < -0.3 is 15.4 Å². The average molecular weight is 359 g/mol. The molecule has 0 aliphatic carbocycles. The minimum atomic E-state index is -0.593. The number of esters is 1. The molecular weight excluding hydrogens is 330 g/mol. The quantitative estimate of drug-likeness (QED) is 0.480. The third kappa shape index (κ3) is 5.58. The lowest BCUT2D eigenvalue weighted by Crippen LogP contribution is -2.39. The molecule has 1 aliphatic heterocycles. The Morgan fingerprint density at radius 3 is 2.50 bits per heavy atom. The first kappa shape index (κ1) is 19.9. The van der Waals surface area contributed by atoms with Gasteiger partial charge in [0, 0.05) is 25.9 Å². The molecule has 3 N–H and O–H groups in total. The number of likely N-dealkylation sites (tertiary alicyclic amines) is 1. The fourth-order valence-corrected chi connectivity index (χ4v) is 3.24. The van der Waals surface area contributed by atoms with Crippen molar-refractivity contribution in [3.05, 3.63) is 35.4 Å². The molecule has 2 rings (SSSR count). The van der Waals surface area contributed by atoms with E-state index in [0.29, 0.717) is 25.9 Å². The molecule has 1 fully saturated rings. The Kier molecular flexibility index (Phi) is 6.40. The number of nitrogens with zero attached hydrogens (tertiary/aromatic N) is 1. The van der Waals surface area contributed by atoms with Crippen LogP contribution in [-0.2, 0) is 19.7 Å². The summed E-state index contributed by atoms with van der Waals surface area (Å²) in [5.41, 5.74) is 7.65. The third-order valence-corrected chi connectivity index (χ3v) is 4.80. The van der Waals surface area contributed by atoms with Gasteiger partial charge in [-0.2, -0.15) is 0 Å². The topological polar surface area (TPSA) is 96.5 Å². The fourth-order valence-electron chi connectivity index (χ4n) is 3.24. The first-order valence-electron chi connectivity index (χ1n) is 9.09. The SMILES string of the molecule is CC(C)(C)c1ccc(C2CCN(CCCC(=O)OC(=N)N)C(=O)C2)cc1. The number of carbonyl (C=O) groups is 2. The zero-order chi connectivity index (χ0) is 19.3. The van der Waals surface area contributed by atoms with Crippen molar-refractivity contribution in [2.45, 2.75) is 57.8 Å². The molecule has 1 atom stereocenters. The highest BCUT2D eigenvalue weighted by Gasteiger charge is 2.27. The minimum Gasteiger partial charge on any atom is -0.393 e. The molecule has 1 saturated heterocycles. The van der Waals surface area contributed by atoms with Crippen LogP contribution < -0.4 is 5.73 Å². The predicted octanol–water partition coefficient (Wildman–Crippen LogP) is 2.91. The Morgan fingerprint density at radius 1 is 1.31 bits per heavy atom. The van der Waals surface area contributed by atoms with Gasteiger partial charge in [-0.25, -0.2) is 0 Å². The van der Waals surface area contributed by atoms with E-state index in [1.807, 2.05) is 0 Å². The second-order valence-corrected chi connectivity index (χ2v) is 7.88. The molecule has 0 spiro atoms. The van der Waals surface area contributed by atoms with E-state index in [9.17, 15) is 9.59 Å². The van der Waals surface area contributed by atoms with Crippen molar-refractivity contribution < 1.29 is 14.3 Å². The first-order valence-corrected chi connectivity index (χ1v) is 9.09. The highest BCUT2D eigenvalue weighted by molar-refractivity contribution is 5.84. The van der Waals surface area contributed by atoms with Gasteiger partial charge >= 0.3 is 5.97 Å². The molecular formula is C20H29N3O3. The summed E-state index contributed by atoms with van der Waals surface area (Å²) in [6.45, 7) is 7.80. The maximum Gasteiger partial charge on any atom is 0.313 e. The van der Waals surface area contributed by atoms with E-state index >= 15 is 0 Å². The molecule has 1 aromatic carbocycles. The van der Waals surface area contributed by atoms with Crippen molar-refractivity contribution >= 4 is 17.9 Å².